The van der Waals surface area contributed by atoms with Crippen LogP contribution in [0.3, 0.4) is 0 Å². The monoisotopic (exact) mass is 353 g/mol. The zero-order chi connectivity index (χ0) is 17.7. The van der Waals surface area contributed by atoms with Crippen LogP contribution in [0.2, 0.25) is 0 Å². The van der Waals surface area contributed by atoms with Crippen molar-refractivity contribution in [1.82, 2.24) is 9.88 Å². The Morgan fingerprint density at radius 1 is 1.38 bits per heavy atom. The highest BCUT2D eigenvalue weighted by atomic mass is 32.2. The molecule has 1 amide bonds. The first-order valence-corrected chi connectivity index (χ1v) is 10.4. The minimum atomic E-state index is -3.02. The highest BCUT2D eigenvalue weighted by Gasteiger charge is 2.34. The first-order chi connectivity index (χ1) is 11.4. The molecule has 0 N–H and O–H groups in total. The molecule has 1 fully saturated rings. The predicted octanol–water partition coefficient (Wildman–Crippen LogP) is 1.97. The van der Waals surface area contributed by atoms with Crippen LogP contribution in [0.4, 0.5) is 5.69 Å². The third kappa shape index (κ3) is 4.47. The van der Waals surface area contributed by atoms with Crippen LogP contribution in [0.25, 0.3) is 0 Å². The lowest BCUT2D eigenvalue weighted by molar-refractivity contribution is 0.0702. The smallest absolute Gasteiger partial charge is 0.272 e. The first kappa shape index (κ1) is 18.7. The first-order valence-electron chi connectivity index (χ1n) is 8.56. The average Bonchev–Trinajstić information content (AvgIpc) is 2.93. The molecule has 1 aliphatic heterocycles. The van der Waals surface area contributed by atoms with E-state index < -0.39 is 9.84 Å². The number of rotatable bonds is 7. The molecule has 134 valence electrons. The molecule has 0 radical (unpaired) electrons. The van der Waals surface area contributed by atoms with E-state index in [1.165, 1.54) is 0 Å². The van der Waals surface area contributed by atoms with Crippen molar-refractivity contribution in [3.63, 3.8) is 0 Å². The Kier molecular flexibility index (Phi) is 6.21. The minimum Gasteiger partial charge on any atom is -0.374 e. The third-order valence-electron chi connectivity index (χ3n) is 4.50. The average molecular weight is 353 g/mol. The second-order valence-electron chi connectivity index (χ2n) is 6.32. The van der Waals surface area contributed by atoms with Gasteiger partial charge in [0.05, 0.1) is 11.5 Å². The van der Waals surface area contributed by atoms with Gasteiger partial charge in [0, 0.05) is 38.1 Å². The van der Waals surface area contributed by atoms with E-state index in [4.69, 9.17) is 0 Å². The van der Waals surface area contributed by atoms with Gasteiger partial charge in [-0.15, -0.1) is 0 Å². The Hall–Kier alpha value is -1.63. The van der Waals surface area contributed by atoms with Gasteiger partial charge >= 0.3 is 0 Å². The van der Waals surface area contributed by atoms with Gasteiger partial charge in [0.1, 0.15) is 5.69 Å². The molecule has 7 heteroatoms. The largest absolute Gasteiger partial charge is 0.374 e. The van der Waals surface area contributed by atoms with Gasteiger partial charge in [-0.25, -0.2) is 8.42 Å². The second kappa shape index (κ2) is 7.96. The van der Waals surface area contributed by atoms with E-state index in [0.29, 0.717) is 18.7 Å². The second-order valence-corrected chi connectivity index (χ2v) is 8.55. The van der Waals surface area contributed by atoms with E-state index in [1.54, 1.807) is 17.2 Å². The van der Waals surface area contributed by atoms with Gasteiger partial charge in [0.25, 0.3) is 5.91 Å². The van der Waals surface area contributed by atoms with Crippen LogP contribution in [0.1, 0.15) is 43.6 Å². The van der Waals surface area contributed by atoms with Crippen LogP contribution < -0.4 is 4.90 Å². The Bertz CT molecular complexity index is 675. The van der Waals surface area contributed by atoms with Crippen molar-refractivity contribution < 1.29 is 13.2 Å². The molecular weight excluding hydrogens is 326 g/mol. The standard InChI is InChI=1S/C17H27N3O3S/c1-4-6-10-19(3)14-7-9-18-16(12-14)17(21)20(5-2)15-8-11-24(22,23)13-15/h7,9,12,15H,4-6,8,10-11,13H2,1-3H3. The highest BCUT2D eigenvalue weighted by molar-refractivity contribution is 7.91. The van der Waals surface area contributed by atoms with E-state index in [0.717, 1.165) is 25.1 Å². The summed E-state index contributed by atoms with van der Waals surface area (Å²) in [7, 11) is -1.02. The van der Waals surface area contributed by atoms with Crippen molar-refractivity contribution in [1.29, 1.82) is 0 Å². The molecule has 1 aromatic rings. The number of carbonyl (C=O) groups is 1. The Morgan fingerprint density at radius 3 is 2.71 bits per heavy atom. The summed E-state index contributed by atoms with van der Waals surface area (Å²) < 4.78 is 23.4. The van der Waals surface area contributed by atoms with Gasteiger partial charge in [-0.05, 0) is 31.9 Å². The maximum Gasteiger partial charge on any atom is 0.272 e. The summed E-state index contributed by atoms with van der Waals surface area (Å²) in [5.41, 5.74) is 1.33. The zero-order valence-electron chi connectivity index (χ0n) is 14.7. The molecule has 1 aliphatic rings. The predicted molar refractivity (Wildman–Crippen MR) is 96.2 cm³/mol. The van der Waals surface area contributed by atoms with Crippen LogP contribution in [0.5, 0.6) is 0 Å². The van der Waals surface area contributed by atoms with Crippen LogP contribution in [-0.4, -0.2) is 61.9 Å². The number of unbranched alkanes of at least 4 members (excludes halogenated alkanes) is 1. The van der Waals surface area contributed by atoms with Crippen LogP contribution >= 0.6 is 0 Å². The van der Waals surface area contributed by atoms with Crippen LogP contribution in [0.15, 0.2) is 18.3 Å². The number of amides is 1. The molecular formula is C17H27N3O3S. The summed E-state index contributed by atoms with van der Waals surface area (Å²) in [4.78, 5) is 20.8. The van der Waals surface area contributed by atoms with E-state index in [-0.39, 0.29) is 23.5 Å². The van der Waals surface area contributed by atoms with Crippen LogP contribution in [-0.2, 0) is 9.84 Å². The molecule has 2 heterocycles. The van der Waals surface area contributed by atoms with Crippen LogP contribution in [0, 0.1) is 0 Å². The van der Waals surface area contributed by atoms with Crippen molar-refractivity contribution >= 4 is 21.4 Å². The van der Waals surface area contributed by atoms with Crippen molar-refractivity contribution in [2.45, 2.75) is 39.2 Å². The lowest BCUT2D eigenvalue weighted by Crippen LogP contribution is -2.41. The summed E-state index contributed by atoms with van der Waals surface area (Å²) in [6.07, 6.45) is 4.35. The zero-order valence-corrected chi connectivity index (χ0v) is 15.6. The van der Waals surface area contributed by atoms with Gasteiger partial charge in [-0.2, -0.15) is 0 Å². The fourth-order valence-corrected chi connectivity index (χ4v) is 4.76. The normalized spacial score (nSPS) is 19.2. The maximum atomic E-state index is 12.8. The fourth-order valence-electron chi connectivity index (χ4n) is 3.03. The number of pyridine rings is 1. The van der Waals surface area contributed by atoms with Crippen molar-refractivity contribution in [2.75, 3.05) is 36.5 Å². The summed E-state index contributed by atoms with van der Waals surface area (Å²) in [6.45, 7) is 5.42. The van der Waals surface area contributed by atoms with E-state index in [1.807, 2.05) is 20.0 Å². The molecule has 24 heavy (non-hydrogen) atoms. The number of hydrogen-bond acceptors (Lipinski definition) is 5. The number of sulfone groups is 1. The van der Waals surface area contributed by atoms with E-state index >= 15 is 0 Å². The van der Waals surface area contributed by atoms with Crippen molar-refractivity contribution in [2.24, 2.45) is 0 Å². The van der Waals surface area contributed by atoms with Gasteiger partial charge in [0.15, 0.2) is 9.84 Å². The number of aromatic nitrogens is 1. The van der Waals surface area contributed by atoms with Gasteiger partial charge in [-0.1, -0.05) is 13.3 Å². The van der Waals surface area contributed by atoms with Crippen molar-refractivity contribution in [3.8, 4) is 0 Å². The Labute approximate surface area is 144 Å². The fraction of sp³-hybridized carbons (Fsp3) is 0.647. The molecule has 0 spiro atoms. The lowest BCUT2D eigenvalue weighted by Gasteiger charge is -2.27. The summed E-state index contributed by atoms with van der Waals surface area (Å²) >= 11 is 0. The van der Waals surface area contributed by atoms with E-state index in [2.05, 4.69) is 16.8 Å². The van der Waals surface area contributed by atoms with Gasteiger partial charge < -0.3 is 9.80 Å². The summed E-state index contributed by atoms with van der Waals surface area (Å²) in [6, 6.07) is 3.45. The summed E-state index contributed by atoms with van der Waals surface area (Å²) in [5, 5.41) is 0. The van der Waals surface area contributed by atoms with E-state index in [9.17, 15) is 13.2 Å². The topological polar surface area (TPSA) is 70.6 Å². The van der Waals surface area contributed by atoms with Gasteiger partial charge in [-0.3, -0.25) is 9.78 Å². The summed E-state index contributed by atoms with van der Waals surface area (Å²) in [5.74, 6) is 0.0301. The number of hydrogen-bond donors (Lipinski definition) is 0. The molecule has 0 bridgehead atoms. The maximum absolute atomic E-state index is 12.8. The lowest BCUT2D eigenvalue weighted by atomic mass is 10.2. The SMILES string of the molecule is CCCCN(C)c1ccnc(C(=O)N(CC)C2CCS(=O)(=O)C2)c1. The Balaban J connectivity index is 2.16. The molecule has 6 nitrogen and oxygen atoms in total. The Morgan fingerprint density at radius 2 is 2.12 bits per heavy atom. The molecule has 0 aromatic carbocycles. The number of nitrogens with zero attached hydrogens (tertiary/aromatic N) is 3. The molecule has 0 saturated carbocycles. The number of carbonyl (C=O) groups excluding carboxylic acids is 1. The van der Waals surface area contributed by atoms with Gasteiger partial charge in [0.2, 0.25) is 0 Å². The van der Waals surface area contributed by atoms with Crippen molar-refractivity contribution in [3.05, 3.63) is 24.0 Å². The quantitative estimate of drug-likeness (QED) is 0.749. The molecule has 1 aromatic heterocycles. The minimum absolute atomic E-state index is 0.0582. The molecule has 1 unspecified atom stereocenters. The molecule has 2 rings (SSSR count). The molecule has 0 aliphatic carbocycles. The molecule has 1 atom stereocenters. The molecule has 1 saturated heterocycles. The highest BCUT2D eigenvalue weighted by Crippen LogP contribution is 2.21. The third-order valence-corrected chi connectivity index (χ3v) is 6.25. The number of anilines is 1.